The number of hydrogen-bond acceptors (Lipinski definition) is 4. The fourth-order valence-electron chi connectivity index (χ4n) is 1.77. The minimum absolute atomic E-state index is 0.127. The Labute approximate surface area is 129 Å². The van der Waals surface area contributed by atoms with Crippen molar-refractivity contribution >= 4 is 28.0 Å². The number of likely N-dealkylation sites (tertiary alicyclic amines) is 1. The standard InChI is InChI=1S/C14H24BrNO4/c1-13(2,3)20-12(18)16-8-6-10(7-9-16)19-11(17)14(4,5)15/h10H,6-9H2,1-5H3. The maximum atomic E-state index is 11.9. The van der Waals surface area contributed by atoms with Crippen molar-refractivity contribution in [3.8, 4) is 0 Å². The second-order valence-electron chi connectivity index (χ2n) is 6.54. The Morgan fingerprint density at radius 1 is 1.10 bits per heavy atom. The molecule has 1 amide bonds. The van der Waals surface area contributed by atoms with Gasteiger partial charge in [-0.25, -0.2) is 4.79 Å². The Hall–Kier alpha value is -0.780. The van der Waals surface area contributed by atoms with E-state index >= 15 is 0 Å². The summed E-state index contributed by atoms with van der Waals surface area (Å²) in [6.07, 6.45) is 0.864. The summed E-state index contributed by atoms with van der Waals surface area (Å²) in [5.41, 5.74) is -0.486. The Kier molecular flexibility index (Phi) is 5.46. The summed E-state index contributed by atoms with van der Waals surface area (Å²) in [5, 5.41) is 0. The molecule has 116 valence electrons. The number of hydrogen-bond donors (Lipinski definition) is 0. The van der Waals surface area contributed by atoms with Gasteiger partial charge in [-0.3, -0.25) is 4.79 Å². The average molecular weight is 350 g/mol. The highest BCUT2D eigenvalue weighted by atomic mass is 79.9. The molecule has 1 fully saturated rings. The summed E-state index contributed by atoms with van der Waals surface area (Å²) in [6.45, 7) is 10.1. The van der Waals surface area contributed by atoms with E-state index in [-0.39, 0.29) is 18.2 Å². The molecule has 1 rings (SSSR count). The molecule has 1 heterocycles. The van der Waals surface area contributed by atoms with Gasteiger partial charge in [0.1, 0.15) is 16.0 Å². The summed E-state index contributed by atoms with van der Waals surface area (Å²) >= 11 is 3.28. The highest BCUT2D eigenvalue weighted by molar-refractivity contribution is 9.10. The van der Waals surface area contributed by atoms with Gasteiger partial charge in [-0.05, 0) is 34.6 Å². The zero-order chi connectivity index (χ0) is 15.6. The lowest BCUT2D eigenvalue weighted by molar-refractivity contribution is -0.152. The minimum atomic E-state index is -0.671. The second-order valence-corrected chi connectivity index (χ2v) is 8.53. The number of halogens is 1. The van der Waals surface area contributed by atoms with Crippen LogP contribution in [0.15, 0.2) is 0 Å². The van der Waals surface area contributed by atoms with Crippen molar-refractivity contribution in [2.75, 3.05) is 13.1 Å². The largest absolute Gasteiger partial charge is 0.461 e. The number of piperidine rings is 1. The topological polar surface area (TPSA) is 55.8 Å². The molecule has 0 saturated carbocycles. The Morgan fingerprint density at radius 2 is 1.60 bits per heavy atom. The van der Waals surface area contributed by atoms with Crippen LogP contribution < -0.4 is 0 Å². The van der Waals surface area contributed by atoms with Crippen LogP contribution in [-0.2, 0) is 14.3 Å². The molecule has 1 saturated heterocycles. The molecular formula is C14H24BrNO4. The zero-order valence-corrected chi connectivity index (χ0v) is 14.4. The molecular weight excluding hydrogens is 326 g/mol. The van der Waals surface area contributed by atoms with Gasteiger partial charge in [-0.15, -0.1) is 0 Å². The fraction of sp³-hybridized carbons (Fsp3) is 0.857. The monoisotopic (exact) mass is 349 g/mol. The quantitative estimate of drug-likeness (QED) is 0.567. The van der Waals surface area contributed by atoms with Crippen molar-refractivity contribution in [2.45, 2.75) is 63.5 Å². The molecule has 0 radical (unpaired) electrons. The SMILES string of the molecule is CC(C)(C)OC(=O)N1CCC(OC(=O)C(C)(C)Br)CC1. The molecule has 0 unspecified atom stereocenters. The number of alkyl halides is 1. The van der Waals surface area contributed by atoms with Crippen molar-refractivity contribution < 1.29 is 19.1 Å². The van der Waals surface area contributed by atoms with Crippen LogP contribution in [0.3, 0.4) is 0 Å². The number of carbonyl (C=O) groups is 2. The van der Waals surface area contributed by atoms with Gasteiger partial charge in [0.05, 0.1) is 0 Å². The Morgan fingerprint density at radius 3 is 2.00 bits per heavy atom. The van der Waals surface area contributed by atoms with Gasteiger partial charge in [-0.1, -0.05) is 15.9 Å². The molecule has 0 aromatic rings. The molecule has 0 atom stereocenters. The average Bonchev–Trinajstić information content (AvgIpc) is 2.26. The molecule has 0 N–H and O–H groups in total. The third-order valence-electron chi connectivity index (χ3n) is 2.85. The molecule has 1 aliphatic rings. The van der Waals surface area contributed by atoms with Crippen molar-refractivity contribution in [2.24, 2.45) is 0 Å². The predicted octanol–water partition coefficient (Wildman–Crippen LogP) is 3.10. The molecule has 0 aromatic heterocycles. The number of carbonyl (C=O) groups excluding carboxylic acids is 2. The lowest BCUT2D eigenvalue weighted by Gasteiger charge is -2.33. The van der Waals surface area contributed by atoms with Crippen molar-refractivity contribution in [1.82, 2.24) is 4.90 Å². The van der Waals surface area contributed by atoms with Gasteiger partial charge < -0.3 is 14.4 Å². The Bertz CT molecular complexity index is 362. The van der Waals surface area contributed by atoms with E-state index in [9.17, 15) is 9.59 Å². The summed E-state index contributed by atoms with van der Waals surface area (Å²) < 4.78 is 10.1. The molecule has 20 heavy (non-hydrogen) atoms. The van der Waals surface area contributed by atoms with Gasteiger partial charge in [0.2, 0.25) is 0 Å². The van der Waals surface area contributed by atoms with Crippen LogP contribution in [0.5, 0.6) is 0 Å². The summed E-state index contributed by atoms with van der Waals surface area (Å²) in [5.74, 6) is -0.270. The van der Waals surface area contributed by atoms with Gasteiger partial charge in [0, 0.05) is 25.9 Å². The lowest BCUT2D eigenvalue weighted by atomic mass is 10.1. The van der Waals surface area contributed by atoms with E-state index in [1.165, 1.54) is 0 Å². The van der Waals surface area contributed by atoms with E-state index in [0.29, 0.717) is 25.9 Å². The zero-order valence-electron chi connectivity index (χ0n) is 12.9. The van der Waals surface area contributed by atoms with Crippen LogP contribution in [0.4, 0.5) is 4.79 Å². The molecule has 0 bridgehead atoms. The summed E-state index contributed by atoms with van der Waals surface area (Å²) in [4.78, 5) is 25.3. The predicted molar refractivity (Wildman–Crippen MR) is 79.9 cm³/mol. The normalized spacial score (nSPS) is 17.8. The highest BCUT2D eigenvalue weighted by Gasteiger charge is 2.32. The van der Waals surface area contributed by atoms with E-state index in [4.69, 9.17) is 9.47 Å². The molecule has 0 spiro atoms. The first-order valence-corrected chi connectivity index (χ1v) is 7.66. The minimum Gasteiger partial charge on any atom is -0.461 e. The van der Waals surface area contributed by atoms with E-state index < -0.39 is 9.93 Å². The first kappa shape index (κ1) is 17.3. The van der Waals surface area contributed by atoms with E-state index in [0.717, 1.165) is 0 Å². The maximum absolute atomic E-state index is 11.9. The highest BCUT2D eigenvalue weighted by Crippen LogP contribution is 2.22. The molecule has 1 aliphatic heterocycles. The van der Waals surface area contributed by atoms with Crippen LogP contribution in [0.1, 0.15) is 47.5 Å². The van der Waals surface area contributed by atoms with E-state index in [1.54, 1.807) is 18.7 Å². The second kappa shape index (κ2) is 6.33. The first-order chi connectivity index (χ1) is 8.99. The molecule has 0 aliphatic carbocycles. The third-order valence-corrected chi connectivity index (χ3v) is 3.18. The fourth-order valence-corrected chi connectivity index (χ4v) is 1.87. The number of ether oxygens (including phenoxy) is 2. The summed E-state index contributed by atoms with van der Waals surface area (Å²) in [7, 11) is 0. The number of rotatable bonds is 2. The first-order valence-electron chi connectivity index (χ1n) is 6.87. The lowest BCUT2D eigenvalue weighted by Crippen LogP contribution is -2.44. The van der Waals surface area contributed by atoms with Crippen LogP contribution in [-0.4, -0.2) is 46.1 Å². The van der Waals surface area contributed by atoms with E-state index in [1.807, 2.05) is 20.8 Å². The van der Waals surface area contributed by atoms with Crippen LogP contribution in [0, 0.1) is 0 Å². The van der Waals surface area contributed by atoms with Crippen molar-refractivity contribution in [3.63, 3.8) is 0 Å². The van der Waals surface area contributed by atoms with Gasteiger partial charge in [0.15, 0.2) is 0 Å². The Balaban J connectivity index is 2.41. The maximum Gasteiger partial charge on any atom is 0.410 e. The van der Waals surface area contributed by atoms with Crippen LogP contribution in [0.25, 0.3) is 0 Å². The van der Waals surface area contributed by atoms with Gasteiger partial charge >= 0.3 is 12.1 Å². The third kappa shape index (κ3) is 5.69. The molecule has 6 heteroatoms. The summed E-state index contributed by atoms with van der Waals surface area (Å²) in [6, 6.07) is 0. The van der Waals surface area contributed by atoms with Crippen molar-refractivity contribution in [1.29, 1.82) is 0 Å². The van der Waals surface area contributed by atoms with Gasteiger partial charge in [0.25, 0.3) is 0 Å². The van der Waals surface area contributed by atoms with Crippen molar-refractivity contribution in [3.05, 3.63) is 0 Å². The molecule has 5 nitrogen and oxygen atoms in total. The number of nitrogens with zero attached hydrogens (tertiary/aromatic N) is 1. The van der Waals surface area contributed by atoms with Crippen LogP contribution in [0.2, 0.25) is 0 Å². The van der Waals surface area contributed by atoms with Gasteiger partial charge in [-0.2, -0.15) is 0 Å². The van der Waals surface area contributed by atoms with E-state index in [2.05, 4.69) is 15.9 Å². The smallest absolute Gasteiger partial charge is 0.410 e. The number of amides is 1. The van der Waals surface area contributed by atoms with Crippen LogP contribution >= 0.6 is 15.9 Å². The molecule has 0 aromatic carbocycles. The number of esters is 1.